The minimum atomic E-state index is 0.0663. The van der Waals surface area contributed by atoms with Crippen LogP contribution >= 0.6 is 12.2 Å². The molecule has 98 valence electrons. The van der Waals surface area contributed by atoms with Crippen LogP contribution in [0.2, 0.25) is 0 Å². The Morgan fingerprint density at radius 2 is 2.17 bits per heavy atom. The zero-order valence-corrected chi connectivity index (χ0v) is 11.7. The molecule has 0 atom stereocenters. The summed E-state index contributed by atoms with van der Waals surface area (Å²) < 4.78 is 0. The van der Waals surface area contributed by atoms with Crippen molar-refractivity contribution in [1.29, 1.82) is 0 Å². The topological polar surface area (TPSA) is 42.1 Å². The lowest BCUT2D eigenvalue weighted by Crippen LogP contribution is -2.45. The number of aromatic nitrogens is 1. The third-order valence-electron chi connectivity index (χ3n) is 3.96. The molecule has 0 unspecified atom stereocenters. The normalized spacial score (nSPS) is 19.6. The number of hydrogen-bond donors (Lipinski definition) is 1. The van der Waals surface area contributed by atoms with Crippen LogP contribution in [0.3, 0.4) is 0 Å². The summed E-state index contributed by atoms with van der Waals surface area (Å²) in [5.41, 5.74) is 7.05. The molecule has 0 spiro atoms. The molecule has 0 amide bonds. The van der Waals surface area contributed by atoms with Crippen LogP contribution in [-0.4, -0.2) is 34.5 Å². The van der Waals surface area contributed by atoms with Gasteiger partial charge in [-0.3, -0.25) is 4.98 Å². The van der Waals surface area contributed by atoms with Crippen molar-refractivity contribution in [2.24, 2.45) is 11.1 Å². The number of piperidine rings is 1. The molecule has 1 aromatic heterocycles. The van der Waals surface area contributed by atoms with Crippen molar-refractivity contribution in [2.45, 2.75) is 26.2 Å². The molecule has 2 heterocycles. The molecule has 0 aliphatic carbocycles. The highest BCUT2D eigenvalue weighted by atomic mass is 32.1. The van der Waals surface area contributed by atoms with Gasteiger partial charge in [-0.2, -0.15) is 0 Å². The minimum Gasteiger partial charge on any atom is -0.393 e. The van der Waals surface area contributed by atoms with Gasteiger partial charge in [0, 0.05) is 30.3 Å². The zero-order chi connectivity index (χ0) is 13.0. The summed E-state index contributed by atoms with van der Waals surface area (Å²) in [6.07, 6.45) is 5.02. The fourth-order valence-corrected chi connectivity index (χ4v) is 2.54. The second kappa shape index (κ2) is 5.76. The number of nitrogens with zero attached hydrogens (tertiary/aromatic N) is 2. The predicted octanol–water partition coefficient (Wildman–Crippen LogP) is 2.01. The molecule has 1 aromatic rings. The van der Waals surface area contributed by atoms with E-state index in [-0.39, 0.29) is 5.41 Å². The van der Waals surface area contributed by atoms with Gasteiger partial charge in [-0.15, -0.1) is 0 Å². The maximum Gasteiger partial charge on any atom is 0.0788 e. The molecule has 0 aromatic carbocycles. The van der Waals surface area contributed by atoms with E-state index in [4.69, 9.17) is 18.0 Å². The Kier molecular flexibility index (Phi) is 4.30. The molecule has 1 saturated heterocycles. The Balaban J connectivity index is 1.79. The van der Waals surface area contributed by atoms with Gasteiger partial charge in [-0.1, -0.05) is 25.2 Å². The number of hydrogen-bond acceptors (Lipinski definition) is 3. The first kappa shape index (κ1) is 13.4. The van der Waals surface area contributed by atoms with Crippen molar-refractivity contribution in [3.05, 3.63) is 30.1 Å². The Morgan fingerprint density at radius 1 is 1.44 bits per heavy atom. The van der Waals surface area contributed by atoms with E-state index in [0.717, 1.165) is 38.9 Å². The van der Waals surface area contributed by atoms with Crippen molar-refractivity contribution < 1.29 is 0 Å². The van der Waals surface area contributed by atoms with E-state index in [1.807, 2.05) is 18.3 Å². The molecule has 4 heteroatoms. The first-order chi connectivity index (χ1) is 8.60. The monoisotopic (exact) mass is 263 g/mol. The van der Waals surface area contributed by atoms with Crippen LogP contribution in [0, 0.1) is 5.41 Å². The lowest BCUT2D eigenvalue weighted by molar-refractivity contribution is 0.166. The van der Waals surface area contributed by atoms with Gasteiger partial charge in [0.25, 0.3) is 0 Å². The third-order valence-corrected chi connectivity index (χ3v) is 4.46. The molecule has 0 saturated carbocycles. The maximum absolute atomic E-state index is 5.81. The lowest BCUT2D eigenvalue weighted by atomic mass is 9.80. The molecule has 3 nitrogen and oxygen atoms in total. The molecule has 1 fully saturated rings. The largest absolute Gasteiger partial charge is 0.393 e. The quantitative estimate of drug-likeness (QED) is 0.844. The number of rotatable bonds is 4. The van der Waals surface area contributed by atoms with Gasteiger partial charge < -0.3 is 10.6 Å². The lowest BCUT2D eigenvalue weighted by Gasteiger charge is -2.38. The predicted molar refractivity (Wildman–Crippen MR) is 78.5 cm³/mol. The first-order valence-corrected chi connectivity index (χ1v) is 6.93. The van der Waals surface area contributed by atoms with Crippen molar-refractivity contribution in [2.75, 3.05) is 19.6 Å². The van der Waals surface area contributed by atoms with Gasteiger partial charge in [0.1, 0.15) is 0 Å². The Hall–Kier alpha value is -1.00. The van der Waals surface area contributed by atoms with E-state index in [2.05, 4.69) is 22.9 Å². The molecule has 1 aliphatic rings. The number of thiocarbonyl (C=S) groups is 1. The molecule has 0 bridgehead atoms. The zero-order valence-electron chi connectivity index (χ0n) is 10.9. The molecule has 1 aliphatic heterocycles. The Labute approximate surface area is 114 Å². The average Bonchev–Trinajstić information content (AvgIpc) is 2.39. The van der Waals surface area contributed by atoms with Crippen molar-refractivity contribution in [3.63, 3.8) is 0 Å². The first-order valence-electron chi connectivity index (χ1n) is 6.52. The number of likely N-dealkylation sites (tertiary alicyclic amines) is 1. The van der Waals surface area contributed by atoms with Crippen LogP contribution in [-0.2, 0) is 6.42 Å². The molecule has 18 heavy (non-hydrogen) atoms. The Morgan fingerprint density at radius 3 is 2.72 bits per heavy atom. The van der Waals surface area contributed by atoms with Crippen molar-refractivity contribution >= 4 is 17.2 Å². The third kappa shape index (κ3) is 3.27. The van der Waals surface area contributed by atoms with Crippen LogP contribution in [0.25, 0.3) is 0 Å². The maximum atomic E-state index is 5.81. The van der Waals surface area contributed by atoms with Gasteiger partial charge >= 0.3 is 0 Å². The van der Waals surface area contributed by atoms with Crippen LogP contribution in [0.1, 0.15) is 25.5 Å². The van der Waals surface area contributed by atoms with Crippen LogP contribution < -0.4 is 5.73 Å². The van der Waals surface area contributed by atoms with E-state index in [1.165, 1.54) is 5.69 Å². The highest BCUT2D eigenvalue weighted by Crippen LogP contribution is 2.31. The van der Waals surface area contributed by atoms with Gasteiger partial charge in [0.2, 0.25) is 0 Å². The van der Waals surface area contributed by atoms with Gasteiger partial charge in [0.05, 0.1) is 4.99 Å². The fourth-order valence-electron chi connectivity index (χ4n) is 2.34. The summed E-state index contributed by atoms with van der Waals surface area (Å²) in [7, 11) is 0. The van der Waals surface area contributed by atoms with Gasteiger partial charge in [-0.25, -0.2) is 0 Å². The Bertz CT molecular complexity index is 397. The van der Waals surface area contributed by atoms with Crippen LogP contribution in [0.5, 0.6) is 0 Å². The number of nitrogens with two attached hydrogens (primary N) is 1. The second-order valence-corrected chi connectivity index (χ2v) is 5.78. The summed E-state index contributed by atoms with van der Waals surface area (Å²) in [6.45, 7) is 5.43. The number of pyridine rings is 1. The summed E-state index contributed by atoms with van der Waals surface area (Å²) in [4.78, 5) is 7.51. The summed E-state index contributed by atoms with van der Waals surface area (Å²) in [5, 5.41) is 0. The van der Waals surface area contributed by atoms with Crippen LogP contribution in [0.15, 0.2) is 24.4 Å². The van der Waals surface area contributed by atoms with E-state index < -0.39 is 0 Å². The van der Waals surface area contributed by atoms with Gasteiger partial charge in [-0.05, 0) is 38.1 Å². The molecule has 0 radical (unpaired) electrons. The van der Waals surface area contributed by atoms with E-state index in [0.29, 0.717) is 4.99 Å². The standard InChI is InChI=1S/C14H21N3S/c1-14(13(15)18)6-10-17(11-7-14)9-5-12-4-2-3-8-16-12/h2-4,8H,5-7,9-11H2,1H3,(H2,15,18). The fraction of sp³-hybridized carbons (Fsp3) is 0.571. The van der Waals surface area contributed by atoms with Crippen molar-refractivity contribution in [3.8, 4) is 0 Å². The summed E-state index contributed by atoms with van der Waals surface area (Å²) in [6, 6.07) is 6.09. The van der Waals surface area contributed by atoms with Gasteiger partial charge in [0.15, 0.2) is 0 Å². The van der Waals surface area contributed by atoms with E-state index >= 15 is 0 Å². The molecule has 2 rings (SSSR count). The highest BCUT2D eigenvalue weighted by molar-refractivity contribution is 7.80. The highest BCUT2D eigenvalue weighted by Gasteiger charge is 2.32. The van der Waals surface area contributed by atoms with E-state index in [9.17, 15) is 0 Å². The van der Waals surface area contributed by atoms with Crippen LogP contribution in [0.4, 0.5) is 0 Å². The molecule has 2 N–H and O–H groups in total. The average molecular weight is 263 g/mol. The molecular formula is C14H21N3S. The summed E-state index contributed by atoms with van der Waals surface area (Å²) >= 11 is 5.16. The SMILES string of the molecule is CC1(C(N)=S)CCN(CCc2ccccn2)CC1. The minimum absolute atomic E-state index is 0.0663. The van der Waals surface area contributed by atoms with Crippen molar-refractivity contribution in [1.82, 2.24) is 9.88 Å². The summed E-state index contributed by atoms with van der Waals surface area (Å²) in [5.74, 6) is 0. The molecular weight excluding hydrogens is 242 g/mol. The second-order valence-electron chi connectivity index (χ2n) is 5.34. The van der Waals surface area contributed by atoms with E-state index in [1.54, 1.807) is 0 Å². The smallest absolute Gasteiger partial charge is 0.0788 e.